The Morgan fingerprint density at radius 1 is 1.23 bits per heavy atom. The van der Waals surface area contributed by atoms with Crippen LogP contribution in [0, 0.1) is 0 Å². The Balaban J connectivity index is 2.78. The van der Waals surface area contributed by atoms with Crippen molar-refractivity contribution in [1.82, 2.24) is 25.9 Å². The number of aliphatic hydroxyl groups excluding tert-OH is 1. The summed E-state index contributed by atoms with van der Waals surface area (Å²) in [4.78, 5) is 54.5. The van der Waals surface area contributed by atoms with Gasteiger partial charge in [-0.15, -0.1) is 0 Å². The highest BCUT2D eigenvalue weighted by molar-refractivity contribution is 7.98. The molecular formula is C17H28N6O6S. The molecule has 3 amide bonds. The van der Waals surface area contributed by atoms with E-state index in [0.717, 1.165) is 0 Å². The van der Waals surface area contributed by atoms with Gasteiger partial charge in [0.1, 0.15) is 18.6 Å². The number of carboxylic acids is 1. The third-order valence-electron chi connectivity index (χ3n) is 4.05. The van der Waals surface area contributed by atoms with Gasteiger partial charge < -0.3 is 36.9 Å². The van der Waals surface area contributed by atoms with Crippen molar-refractivity contribution in [1.29, 1.82) is 0 Å². The van der Waals surface area contributed by atoms with Gasteiger partial charge in [-0.1, -0.05) is 0 Å². The van der Waals surface area contributed by atoms with Crippen LogP contribution >= 0.6 is 11.8 Å². The summed E-state index contributed by atoms with van der Waals surface area (Å²) in [7, 11) is 0. The number of carboxylic acid groups (broad SMARTS) is 1. The molecule has 0 saturated carbocycles. The predicted molar refractivity (Wildman–Crippen MR) is 109 cm³/mol. The van der Waals surface area contributed by atoms with E-state index in [0.29, 0.717) is 11.4 Å². The lowest BCUT2D eigenvalue weighted by atomic mass is 10.1. The van der Waals surface area contributed by atoms with E-state index in [2.05, 4.69) is 25.9 Å². The molecule has 0 aliphatic heterocycles. The van der Waals surface area contributed by atoms with Gasteiger partial charge in [0.25, 0.3) is 0 Å². The van der Waals surface area contributed by atoms with Gasteiger partial charge in [-0.3, -0.25) is 19.2 Å². The molecule has 13 heteroatoms. The van der Waals surface area contributed by atoms with Crippen LogP contribution < -0.4 is 21.7 Å². The Labute approximate surface area is 177 Å². The number of imidazole rings is 1. The largest absolute Gasteiger partial charge is 0.480 e. The van der Waals surface area contributed by atoms with Gasteiger partial charge in [0, 0.05) is 18.3 Å². The van der Waals surface area contributed by atoms with E-state index in [9.17, 15) is 24.3 Å². The predicted octanol–water partition coefficient (Wildman–Crippen LogP) is -2.42. The molecule has 0 aliphatic rings. The summed E-state index contributed by atoms with van der Waals surface area (Å²) in [5.41, 5.74) is 6.55. The zero-order valence-electron chi connectivity index (χ0n) is 16.8. The molecule has 168 valence electrons. The van der Waals surface area contributed by atoms with Crippen molar-refractivity contribution in [2.24, 2.45) is 5.73 Å². The quantitative estimate of drug-likeness (QED) is 0.173. The summed E-state index contributed by atoms with van der Waals surface area (Å²) in [5, 5.41) is 25.5. The average molecular weight is 445 g/mol. The highest BCUT2D eigenvalue weighted by atomic mass is 32.2. The maximum Gasteiger partial charge on any atom is 0.322 e. The zero-order valence-corrected chi connectivity index (χ0v) is 17.6. The number of hydrogen-bond acceptors (Lipinski definition) is 8. The first-order valence-corrected chi connectivity index (χ1v) is 10.5. The third-order valence-corrected chi connectivity index (χ3v) is 4.70. The van der Waals surface area contributed by atoms with E-state index in [1.54, 1.807) is 0 Å². The van der Waals surface area contributed by atoms with Crippen LogP contribution in [-0.2, 0) is 25.6 Å². The summed E-state index contributed by atoms with van der Waals surface area (Å²) in [5.74, 6) is -2.84. The lowest BCUT2D eigenvalue weighted by molar-refractivity contribution is -0.139. The molecule has 0 aliphatic carbocycles. The molecular weight excluding hydrogens is 416 g/mol. The maximum atomic E-state index is 12.7. The SMILES string of the molecule is CSCCC(NC(=O)C(N)Cc1cnc[nH]1)C(=O)NC(C(=O)NCC(=O)O)C(C)O. The van der Waals surface area contributed by atoms with E-state index >= 15 is 0 Å². The fraction of sp³-hybridized carbons (Fsp3) is 0.588. The highest BCUT2D eigenvalue weighted by Gasteiger charge is 2.30. The summed E-state index contributed by atoms with van der Waals surface area (Å²) in [6, 6.07) is -3.31. The van der Waals surface area contributed by atoms with Crippen molar-refractivity contribution in [3.63, 3.8) is 0 Å². The number of carbonyl (C=O) groups is 4. The first-order chi connectivity index (χ1) is 14.1. The number of aliphatic carboxylic acids is 1. The Morgan fingerprint density at radius 2 is 1.93 bits per heavy atom. The monoisotopic (exact) mass is 444 g/mol. The van der Waals surface area contributed by atoms with Crippen molar-refractivity contribution in [3.8, 4) is 0 Å². The standard InChI is InChI=1S/C17H28N6O6S/c1-9(24)14(17(29)20-7-13(25)26)23-16(28)12(3-4-30-2)22-15(27)11(18)5-10-6-19-8-21-10/h6,8-9,11-12,14,24H,3-5,7,18H2,1-2H3,(H,19,21)(H,20,29)(H,22,27)(H,23,28)(H,25,26). The fourth-order valence-electron chi connectivity index (χ4n) is 2.44. The number of nitrogens with one attached hydrogen (secondary N) is 4. The molecule has 1 rings (SSSR count). The van der Waals surface area contributed by atoms with Crippen molar-refractivity contribution < 1.29 is 29.4 Å². The number of H-pyrrole nitrogens is 1. The number of aromatic nitrogens is 2. The molecule has 0 fully saturated rings. The molecule has 0 spiro atoms. The summed E-state index contributed by atoms with van der Waals surface area (Å²) in [6.45, 7) is 0.619. The number of thioether (sulfide) groups is 1. The van der Waals surface area contributed by atoms with E-state index in [-0.39, 0.29) is 12.8 Å². The number of nitrogens with two attached hydrogens (primary N) is 1. The first kappa shape index (κ1) is 25.4. The molecule has 0 bridgehead atoms. The van der Waals surface area contributed by atoms with Crippen LogP contribution in [-0.4, -0.2) is 86.7 Å². The molecule has 1 aromatic heterocycles. The molecule has 0 radical (unpaired) electrons. The van der Waals surface area contributed by atoms with Gasteiger partial charge in [0.15, 0.2) is 0 Å². The first-order valence-electron chi connectivity index (χ1n) is 9.15. The van der Waals surface area contributed by atoms with Crippen LogP contribution in [0.25, 0.3) is 0 Å². The van der Waals surface area contributed by atoms with Gasteiger partial charge in [-0.2, -0.15) is 11.8 Å². The van der Waals surface area contributed by atoms with Crippen molar-refractivity contribution in [2.45, 2.75) is 44.0 Å². The second-order valence-corrected chi connectivity index (χ2v) is 7.55. The van der Waals surface area contributed by atoms with Gasteiger partial charge in [-0.25, -0.2) is 4.98 Å². The second-order valence-electron chi connectivity index (χ2n) is 6.57. The molecule has 1 aromatic rings. The minimum atomic E-state index is -1.39. The van der Waals surface area contributed by atoms with Crippen LogP contribution in [0.3, 0.4) is 0 Å². The number of carbonyl (C=O) groups excluding carboxylic acids is 3. The summed E-state index contributed by atoms with van der Waals surface area (Å²) < 4.78 is 0. The zero-order chi connectivity index (χ0) is 22.7. The Bertz CT molecular complexity index is 714. The highest BCUT2D eigenvalue weighted by Crippen LogP contribution is 2.04. The number of amides is 3. The lowest BCUT2D eigenvalue weighted by Gasteiger charge is -2.25. The van der Waals surface area contributed by atoms with E-state index in [4.69, 9.17) is 10.8 Å². The molecule has 4 unspecified atom stereocenters. The smallest absolute Gasteiger partial charge is 0.322 e. The number of aliphatic hydroxyl groups is 1. The maximum absolute atomic E-state index is 12.7. The molecule has 8 N–H and O–H groups in total. The lowest BCUT2D eigenvalue weighted by Crippen LogP contribution is -2.59. The summed E-state index contributed by atoms with van der Waals surface area (Å²) in [6.07, 6.45) is 3.99. The molecule has 12 nitrogen and oxygen atoms in total. The van der Waals surface area contributed by atoms with E-state index in [1.807, 2.05) is 6.26 Å². The van der Waals surface area contributed by atoms with Crippen LogP contribution in [0.2, 0.25) is 0 Å². The normalized spacial score (nSPS) is 14.8. The fourth-order valence-corrected chi connectivity index (χ4v) is 2.91. The number of nitrogens with zero attached hydrogens (tertiary/aromatic N) is 1. The van der Waals surface area contributed by atoms with E-state index < -0.39 is 54.5 Å². The molecule has 0 aromatic carbocycles. The minimum Gasteiger partial charge on any atom is -0.480 e. The number of rotatable bonds is 13. The van der Waals surface area contributed by atoms with Gasteiger partial charge >= 0.3 is 5.97 Å². The molecule has 30 heavy (non-hydrogen) atoms. The van der Waals surface area contributed by atoms with Gasteiger partial charge in [-0.05, 0) is 25.4 Å². The van der Waals surface area contributed by atoms with Crippen LogP contribution in [0.1, 0.15) is 19.0 Å². The number of hydrogen-bond donors (Lipinski definition) is 7. The molecule has 0 saturated heterocycles. The number of aromatic amines is 1. The van der Waals surface area contributed by atoms with E-state index in [1.165, 1.54) is 31.2 Å². The van der Waals surface area contributed by atoms with Crippen LogP contribution in [0.15, 0.2) is 12.5 Å². The topological polar surface area (TPSA) is 200 Å². The minimum absolute atomic E-state index is 0.191. The molecule has 1 heterocycles. The van der Waals surface area contributed by atoms with Gasteiger partial charge in [0.05, 0.1) is 18.5 Å². The third kappa shape index (κ3) is 8.80. The van der Waals surface area contributed by atoms with Crippen LogP contribution in [0.4, 0.5) is 0 Å². The Kier molecular flexibility index (Phi) is 10.9. The Hall–Kier alpha value is -2.64. The van der Waals surface area contributed by atoms with Gasteiger partial charge in [0.2, 0.25) is 17.7 Å². The molecule has 4 atom stereocenters. The summed E-state index contributed by atoms with van der Waals surface area (Å²) >= 11 is 1.46. The average Bonchev–Trinajstić information content (AvgIpc) is 3.19. The van der Waals surface area contributed by atoms with Crippen LogP contribution in [0.5, 0.6) is 0 Å². The van der Waals surface area contributed by atoms with Crippen molar-refractivity contribution >= 4 is 35.5 Å². The Morgan fingerprint density at radius 3 is 2.47 bits per heavy atom. The second kappa shape index (κ2) is 12.8. The van der Waals surface area contributed by atoms with Crippen molar-refractivity contribution in [2.75, 3.05) is 18.6 Å². The van der Waals surface area contributed by atoms with Crippen molar-refractivity contribution in [3.05, 3.63) is 18.2 Å².